The van der Waals surface area contributed by atoms with E-state index in [0.717, 1.165) is 0 Å². The van der Waals surface area contributed by atoms with Crippen LogP contribution in [0.25, 0.3) is 0 Å². The number of carboxylic acid groups (broad SMARTS) is 1. The minimum absolute atomic E-state index is 0.0322. The normalized spacial score (nSPS) is 11.8. The van der Waals surface area contributed by atoms with Crippen molar-refractivity contribution in [1.82, 2.24) is 5.32 Å². The van der Waals surface area contributed by atoms with Crippen LogP contribution in [-0.2, 0) is 14.4 Å². The zero-order valence-electron chi connectivity index (χ0n) is 9.22. The first kappa shape index (κ1) is 15.7. The lowest BCUT2D eigenvalue weighted by molar-refractivity contribution is -0.147. The molecule has 5 N–H and O–H groups in total. The summed E-state index contributed by atoms with van der Waals surface area (Å²) in [6, 6.07) is 0. The lowest BCUT2D eigenvalue weighted by Gasteiger charge is -2.07. The van der Waals surface area contributed by atoms with Gasteiger partial charge >= 0.3 is 5.97 Å². The fourth-order valence-electron chi connectivity index (χ4n) is 0.898. The number of hydrogen-bond acceptors (Lipinski definition) is 5. The Hall–Kier alpha value is -1.28. The number of carbonyl (C=O) groups excluding carboxylic acids is 2. The number of carboxylic acids is 1. The average molecular weight is 264 g/mol. The monoisotopic (exact) mass is 264 g/mol. The maximum absolute atomic E-state index is 11.2. The second-order valence-corrected chi connectivity index (χ2v) is 4.37. The molecule has 0 aliphatic carbocycles. The highest BCUT2D eigenvalue weighted by molar-refractivity contribution is 7.99. The van der Waals surface area contributed by atoms with Gasteiger partial charge in [-0.3, -0.25) is 9.59 Å². The molecule has 0 rings (SSSR count). The third-order valence-electron chi connectivity index (χ3n) is 1.74. The molecule has 8 heteroatoms. The zero-order chi connectivity index (χ0) is 13.3. The Morgan fingerprint density at radius 2 is 2.00 bits per heavy atom. The summed E-state index contributed by atoms with van der Waals surface area (Å²) in [5.74, 6) is -1.35. The number of nitrogens with two attached hydrogens (primary N) is 1. The average Bonchev–Trinajstić information content (AvgIpc) is 2.23. The summed E-state index contributed by atoms with van der Waals surface area (Å²) < 4.78 is 0. The molecule has 0 saturated carbocycles. The highest BCUT2D eigenvalue weighted by Crippen LogP contribution is 2.01. The molecule has 2 amide bonds. The van der Waals surface area contributed by atoms with Crippen molar-refractivity contribution < 1.29 is 24.6 Å². The van der Waals surface area contributed by atoms with E-state index in [9.17, 15) is 14.4 Å². The third-order valence-corrected chi connectivity index (χ3v) is 2.72. The summed E-state index contributed by atoms with van der Waals surface area (Å²) in [5, 5.41) is 19.7. The lowest BCUT2D eigenvalue weighted by atomic mass is 10.2. The van der Waals surface area contributed by atoms with Gasteiger partial charge in [-0.25, -0.2) is 4.79 Å². The van der Waals surface area contributed by atoms with Crippen molar-refractivity contribution in [3.8, 4) is 0 Å². The highest BCUT2D eigenvalue weighted by atomic mass is 32.2. The number of aliphatic hydroxyl groups excluding tert-OH is 1. The summed E-state index contributed by atoms with van der Waals surface area (Å²) in [6.07, 6.45) is -1.27. The van der Waals surface area contributed by atoms with E-state index in [1.54, 1.807) is 0 Å². The number of amides is 2. The van der Waals surface area contributed by atoms with Gasteiger partial charge in [-0.05, 0) is 0 Å². The van der Waals surface area contributed by atoms with Crippen LogP contribution in [0, 0.1) is 0 Å². The van der Waals surface area contributed by atoms with Gasteiger partial charge in [0.15, 0.2) is 6.10 Å². The first-order valence-electron chi connectivity index (χ1n) is 4.97. The van der Waals surface area contributed by atoms with Crippen LogP contribution in [0.4, 0.5) is 0 Å². The van der Waals surface area contributed by atoms with E-state index in [1.165, 1.54) is 11.8 Å². The van der Waals surface area contributed by atoms with E-state index < -0.39 is 18.0 Å². The lowest BCUT2D eigenvalue weighted by Crippen LogP contribution is -2.30. The van der Waals surface area contributed by atoms with Crippen LogP contribution in [-0.4, -0.2) is 52.2 Å². The van der Waals surface area contributed by atoms with E-state index in [4.69, 9.17) is 15.9 Å². The molecule has 0 saturated heterocycles. The van der Waals surface area contributed by atoms with E-state index >= 15 is 0 Å². The molecule has 1 atom stereocenters. The van der Waals surface area contributed by atoms with Crippen LogP contribution < -0.4 is 11.1 Å². The number of hydrogen-bond donors (Lipinski definition) is 4. The molecular formula is C9H16N2O5S. The highest BCUT2D eigenvalue weighted by Gasteiger charge is 2.12. The third kappa shape index (κ3) is 9.64. The molecular weight excluding hydrogens is 248 g/mol. The van der Waals surface area contributed by atoms with Crippen LogP contribution in [0.5, 0.6) is 0 Å². The van der Waals surface area contributed by atoms with Gasteiger partial charge in [-0.2, -0.15) is 11.8 Å². The number of aliphatic carboxylic acids is 1. The standard InChI is InChI=1S/C9H16N2O5S/c10-7(13)5-17-4-2-8(14)11-3-1-6(12)9(15)16/h6,12H,1-5H2,(H2,10,13)(H,11,14)(H,15,16)/t6-/m0/s1. The number of thioether (sulfide) groups is 1. The van der Waals surface area contributed by atoms with Crippen molar-refractivity contribution in [3.63, 3.8) is 0 Å². The Kier molecular flexibility index (Phi) is 8.16. The number of primary amides is 1. The molecule has 0 aromatic rings. The van der Waals surface area contributed by atoms with Crippen molar-refractivity contribution in [2.75, 3.05) is 18.1 Å². The Labute approximate surface area is 103 Å². The van der Waals surface area contributed by atoms with E-state index in [1.807, 2.05) is 0 Å². The summed E-state index contributed by atoms with van der Waals surface area (Å²) >= 11 is 1.26. The van der Waals surface area contributed by atoms with Crippen molar-refractivity contribution >= 4 is 29.5 Å². The van der Waals surface area contributed by atoms with E-state index in [-0.39, 0.29) is 31.0 Å². The van der Waals surface area contributed by atoms with Crippen molar-refractivity contribution in [3.05, 3.63) is 0 Å². The van der Waals surface area contributed by atoms with Gasteiger partial charge in [0.1, 0.15) is 0 Å². The molecule has 0 radical (unpaired) electrons. The molecule has 17 heavy (non-hydrogen) atoms. The molecule has 0 aromatic carbocycles. The van der Waals surface area contributed by atoms with E-state index in [0.29, 0.717) is 5.75 Å². The van der Waals surface area contributed by atoms with Crippen LogP contribution in [0.15, 0.2) is 0 Å². The molecule has 0 aromatic heterocycles. The molecule has 0 bridgehead atoms. The first-order valence-corrected chi connectivity index (χ1v) is 6.12. The number of rotatable bonds is 9. The number of aliphatic hydroxyl groups is 1. The Bertz CT molecular complexity index is 285. The maximum atomic E-state index is 11.2. The summed E-state index contributed by atoms with van der Waals surface area (Å²) in [7, 11) is 0. The van der Waals surface area contributed by atoms with Crippen LogP contribution in [0.3, 0.4) is 0 Å². The minimum Gasteiger partial charge on any atom is -0.479 e. The quantitative estimate of drug-likeness (QED) is 0.377. The SMILES string of the molecule is NC(=O)CSCCC(=O)NCC[C@H](O)C(=O)O. The van der Waals surface area contributed by atoms with Gasteiger partial charge in [0.05, 0.1) is 5.75 Å². The molecule has 0 fully saturated rings. The number of carbonyl (C=O) groups is 3. The summed E-state index contributed by atoms with van der Waals surface area (Å²) in [6.45, 7) is 0.104. The predicted molar refractivity (Wildman–Crippen MR) is 62.4 cm³/mol. The van der Waals surface area contributed by atoms with Gasteiger partial charge in [-0.15, -0.1) is 0 Å². The number of nitrogens with one attached hydrogen (secondary N) is 1. The predicted octanol–water partition coefficient (Wildman–Crippen LogP) is -1.45. The Balaban J connectivity index is 3.47. The zero-order valence-corrected chi connectivity index (χ0v) is 10.0. The summed E-state index contributed by atoms with van der Waals surface area (Å²) in [4.78, 5) is 31.8. The van der Waals surface area contributed by atoms with Gasteiger partial charge in [0, 0.05) is 25.1 Å². The maximum Gasteiger partial charge on any atom is 0.332 e. The molecule has 7 nitrogen and oxygen atoms in total. The molecule has 0 aliphatic rings. The second kappa shape index (κ2) is 8.82. The van der Waals surface area contributed by atoms with Crippen molar-refractivity contribution in [2.45, 2.75) is 18.9 Å². The summed E-state index contributed by atoms with van der Waals surface area (Å²) in [5.41, 5.74) is 4.91. The van der Waals surface area contributed by atoms with Gasteiger partial charge < -0.3 is 21.3 Å². The Morgan fingerprint density at radius 1 is 1.35 bits per heavy atom. The van der Waals surface area contributed by atoms with Gasteiger partial charge in [-0.1, -0.05) is 0 Å². The van der Waals surface area contributed by atoms with Crippen LogP contribution in [0.2, 0.25) is 0 Å². The van der Waals surface area contributed by atoms with Crippen LogP contribution >= 0.6 is 11.8 Å². The molecule has 0 unspecified atom stereocenters. The smallest absolute Gasteiger partial charge is 0.332 e. The topological polar surface area (TPSA) is 130 Å². The van der Waals surface area contributed by atoms with Gasteiger partial charge in [0.2, 0.25) is 11.8 Å². The molecule has 0 spiro atoms. The van der Waals surface area contributed by atoms with Crippen LogP contribution in [0.1, 0.15) is 12.8 Å². The fourth-order valence-corrected chi connectivity index (χ4v) is 1.57. The Morgan fingerprint density at radius 3 is 2.53 bits per heavy atom. The van der Waals surface area contributed by atoms with Crippen molar-refractivity contribution in [1.29, 1.82) is 0 Å². The van der Waals surface area contributed by atoms with Gasteiger partial charge in [0.25, 0.3) is 0 Å². The second-order valence-electron chi connectivity index (χ2n) is 3.26. The van der Waals surface area contributed by atoms with Crippen molar-refractivity contribution in [2.24, 2.45) is 5.73 Å². The fraction of sp³-hybridized carbons (Fsp3) is 0.667. The molecule has 0 heterocycles. The largest absolute Gasteiger partial charge is 0.479 e. The first-order chi connectivity index (χ1) is 7.93. The molecule has 98 valence electrons. The van der Waals surface area contributed by atoms with E-state index in [2.05, 4.69) is 5.32 Å². The molecule has 0 aliphatic heterocycles. The minimum atomic E-state index is -1.46.